The fourth-order valence-electron chi connectivity index (χ4n) is 1.36. The van der Waals surface area contributed by atoms with Crippen molar-refractivity contribution in [3.05, 3.63) is 22.2 Å². The van der Waals surface area contributed by atoms with Crippen LogP contribution in [0.3, 0.4) is 0 Å². The molecule has 0 saturated carbocycles. The molecule has 0 spiro atoms. The molecule has 8 nitrogen and oxygen atoms in total. The molecule has 0 bridgehead atoms. The van der Waals surface area contributed by atoms with Gasteiger partial charge in [-0.05, 0) is 22.4 Å². The maximum Gasteiger partial charge on any atom is 0.323 e. The Morgan fingerprint density at radius 1 is 1.50 bits per heavy atom. The van der Waals surface area contributed by atoms with Crippen LogP contribution in [-0.4, -0.2) is 33.5 Å². The molecule has 16 heavy (non-hydrogen) atoms. The summed E-state index contributed by atoms with van der Waals surface area (Å²) in [6.07, 6.45) is 0. The van der Waals surface area contributed by atoms with E-state index in [2.05, 4.69) is 20.3 Å². The lowest BCUT2D eigenvalue weighted by Crippen LogP contribution is -2.07. The summed E-state index contributed by atoms with van der Waals surface area (Å²) in [5.74, 6) is 0. The van der Waals surface area contributed by atoms with Crippen molar-refractivity contribution in [1.82, 2.24) is 10.3 Å². The van der Waals surface area contributed by atoms with E-state index < -0.39 is 4.92 Å². The van der Waals surface area contributed by atoms with E-state index >= 15 is 0 Å². The SMILES string of the molecule is O=[N+]([O-])c1c(NCCO)ccc2nonc12. The van der Waals surface area contributed by atoms with Gasteiger partial charge < -0.3 is 10.4 Å². The molecule has 0 aliphatic carbocycles. The van der Waals surface area contributed by atoms with Gasteiger partial charge in [0.05, 0.1) is 11.5 Å². The lowest BCUT2D eigenvalue weighted by atomic mass is 10.2. The van der Waals surface area contributed by atoms with E-state index in [-0.39, 0.29) is 30.0 Å². The summed E-state index contributed by atoms with van der Waals surface area (Å²) in [4.78, 5) is 10.3. The molecule has 84 valence electrons. The number of nitro groups is 1. The van der Waals surface area contributed by atoms with E-state index in [1.807, 2.05) is 0 Å². The highest BCUT2D eigenvalue weighted by atomic mass is 16.6. The summed E-state index contributed by atoms with van der Waals surface area (Å²) in [6, 6.07) is 3.05. The number of rotatable bonds is 4. The fraction of sp³-hybridized carbons (Fsp3) is 0.250. The van der Waals surface area contributed by atoms with Gasteiger partial charge in [-0.1, -0.05) is 0 Å². The Balaban J connectivity index is 2.54. The zero-order chi connectivity index (χ0) is 11.5. The van der Waals surface area contributed by atoms with Crippen LogP contribution in [0.4, 0.5) is 11.4 Å². The van der Waals surface area contributed by atoms with Crippen LogP contribution in [-0.2, 0) is 0 Å². The second-order valence-electron chi connectivity index (χ2n) is 3.00. The third kappa shape index (κ3) is 1.65. The zero-order valence-corrected chi connectivity index (χ0v) is 8.08. The average Bonchev–Trinajstić information content (AvgIpc) is 2.72. The van der Waals surface area contributed by atoms with Gasteiger partial charge in [0.2, 0.25) is 5.52 Å². The molecule has 0 fully saturated rings. The normalized spacial score (nSPS) is 10.6. The summed E-state index contributed by atoms with van der Waals surface area (Å²) in [7, 11) is 0. The maximum atomic E-state index is 10.9. The summed E-state index contributed by atoms with van der Waals surface area (Å²) < 4.78 is 4.43. The van der Waals surface area contributed by atoms with E-state index in [1.165, 1.54) is 6.07 Å². The largest absolute Gasteiger partial charge is 0.395 e. The van der Waals surface area contributed by atoms with Crippen LogP contribution in [0.25, 0.3) is 11.0 Å². The van der Waals surface area contributed by atoms with Gasteiger partial charge in [-0.25, -0.2) is 4.63 Å². The van der Waals surface area contributed by atoms with Gasteiger partial charge in [0.25, 0.3) is 0 Å². The van der Waals surface area contributed by atoms with Crippen molar-refractivity contribution in [3.63, 3.8) is 0 Å². The third-order valence-corrected chi connectivity index (χ3v) is 2.01. The first kappa shape index (κ1) is 10.3. The number of nitrogens with zero attached hydrogens (tertiary/aromatic N) is 3. The second kappa shape index (κ2) is 4.11. The number of hydrogen-bond donors (Lipinski definition) is 2. The van der Waals surface area contributed by atoms with E-state index in [9.17, 15) is 10.1 Å². The first-order valence-electron chi connectivity index (χ1n) is 4.48. The number of fused-ring (bicyclic) bond motifs is 1. The number of hydrogen-bond acceptors (Lipinski definition) is 7. The quantitative estimate of drug-likeness (QED) is 0.575. The van der Waals surface area contributed by atoms with Gasteiger partial charge in [0.15, 0.2) is 0 Å². The summed E-state index contributed by atoms with van der Waals surface area (Å²) in [5, 5.41) is 29.3. The average molecular weight is 224 g/mol. The van der Waals surface area contributed by atoms with Gasteiger partial charge in [0.1, 0.15) is 11.2 Å². The molecule has 0 aliphatic heterocycles. The Hall–Kier alpha value is -2.22. The molecule has 0 atom stereocenters. The molecule has 1 aromatic carbocycles. The Labute approximate surface area is 89.0 Å². The Kier molecular flexibility index (Phi) is 2.64. The Bertz CT molecular complexity index is 524. The van der Waals surface area contributed by atoms with Crippen LogP contribution in [0.1, 0.15) is 0 Å². The molecule has 0 aliphatic rings. The van der Waals surface area contributed by atoms with Gasteiger partial charge in [0, 0.05) is 6.54 Å². The number of nitro benzene ring substituents is 1. The van der Waals surface area contributed by atoms with Crippen LogP contribution >= 0.6 is 0 Å². The van der Waals surface area contributed by atoms with Crippen LogP contribution < -0.4 is 5.32 Å². The van der Waals surface area contributed by atoms with Gasteiger partial charge in [-0.2, -0.15) is 0 Å². The van der Waals surface area contributed by atoms with Crippen LogP contribution in [0, 0.1) is 10.1 Å². The zero-order valence-electron chi connectivity index (χ0n) is 8.08. The molecule has 8 heteroatoms. The Morgan fingerprint density at radius 2 is 2.31 bits per heavy atom. The number of nitrogens with one attached hydrogen (secondary N) is 1. The highest BCUT2D eigenvalue weighted by Crippen LogP contribution is 2.31. The molecule has 0 amide bonds. The van der Waals surface area contributed by atoms with Crippen molar-refractivity contribution in [2.24, 2.45) is 0 Å². The van der Waals surface area contributed by atoms with E-state index in [1.54, 1.807) is 6.07 Å². The Morgan fingerprint density at radius 3 is 3.00 bits per heavy atom. The molecular formula is C8H8N4O4. The minimum Gasteiger partial charge on any atom is -0.395 e. The molecule has 2 rings (SSSR count). The van der Waals surface area contributed by atoms with Crippen molar-refractivity contribution in [2.45, 2.75) is 0 Å². The van der Waals surface area contributed by atoms with Crippen LogP contribution in [0.2, 0.25) is 0 Å². The minimum absolute atomic E-state index is 0.0907. The lowest BCUT2D eigenvalue weighted by Gasteiger charge is -2.04. The van der Waals surface area contributed by atoms with E-state index in [0.29, 0.717) is 5.52 Å². The maximum absolute atomic E-state index is 10.9. The van der Waals surface area contributed by atoms with Crippen molar-refractivity contribution >= 4 is 22.4 Å². The topological polar surface area (TPSA) is 114 Å². The molecule has 2 N–H and O–H groups in total. The summed E-state index contributed by atoms with van der Waals surface area (Å²) >= 11 is 0. The van der Waals surface area contributed by atoms with Gasteiger partial charge in [-0.3, -0.25) is 10.1 Å². The third-order valence-electron chi connectivity index (χ3n) is 2.01. The predicted molar refractivity (Wildman–Crippen MR) is 54.0 cm³/mol. The van der Waals surface area contributed by atoms with Gasteiger partial charge >= 0.3 is 5.69 Å². The number of anilines is 1. The standard InChI is InChI=1S/C8H8N4O4/c13-4-3-9-6-2-1-5-7(11-16-10-5)8(6)12(14)15/h1-2,9,13H,3-4H2. The summed E-state index contributed by atoms with van der Waals surface area (Å²) in [5.41, 5.74) is 0.489. The van der Waals surface area contributed by atoms with Crippen molar-refractivity contribution in [1.29, 1.82) is 0 Å². The number of aromatic nitrogens is 2. The first-order valence-corrected chi connectivity index (χ1v) is 4.48. The second-order valence-corrected chi connectivity index (χ2v) is 3.00. The van der Waals surface area contributed by atoms with Crippen molar-refractivity contribution in [3.8, 4) is 0 Å². The first-order chi connectivity index (χ1) is 7.74. The monoisotopic (exact) mass is 224 g/mol. The number of aliphatic hydroxyl groups is 1. The smallest absolute Gasteiger partial charge is 0.323 e. The van der Waals surface area contributed by atoms with E-state index in [4.69, 9.17) is 5.11 Å². The van der Waals surface area contributed by atoms with Crippen molar-refractivity contribution in [2.75, 3.05) is 18.5 Å². The minimum atomic E-state index is -0.563. The highest BCUT2D eigenvalue weighted by molar-refractivity contribution is 5.90. The summed E-state index contributed by atoms with van der Waals surface area (Å²) in [6.45, 7) is 0.101. The molecule has 0 radical (unpaired) electrons. The number of aliphatic hydroxyl groups excluding tert-OH is 1. The molecule has 1 heterocycles. The van der Waals surface area contributed by atoms with E-state index in [0.717, 1.165) is 0 Å². The predicted octanol–water partition coefficient (Wildman–Crippen LogP) is 0.535. The molecular weight excluding hydrogens is 216 g/mol. The van der Waals surface area contributed by atoms with Crippen LogP contribution in [0.15, 0.2) is 16.8 Å². The molecule has 0 unspecified atom stereocenters. The molecule has 1 aromatic heterocycles. The molecule has 0 saturated heterocycles. The number of benzene rings is 1. The van der Waals surface area contributed by atoms with Crippen LogP contribution in [0.5, 0.6) is 0 Å². The fourth-order valence-corrected chi connectivity index (χ4v) is 1.36. The van der Waals surface area contributed by atoms with Gasteiger partial charge in [-0.15, -0.1) is 0 Å². The van der Waals surface area contributed by atoms with Crippen molar-refractivity contribution < 1.29 is 14.7 Å². The highest BCUT2D eigenvalue weighted by Gasteiger charge is 2.21. The molecule has 2 aromatic rings. The lowest BCUT2D eigenvalue weighted by molar-refractivity contribution is -0.382.